The van der Waals surface area contributed by atoms with E-state index in [4.69, 9.17) is 44.4 Å². The van der Waals surface area contributed by atoms with Gasteiger partial charge in [0.1, 0.15) is 16.6 Å². The number of hydrogen-bond acceptors (Lipinski definition) is 19. The number of nitrogens with one attached hydrogen (secondary N) is 3. The lowest BCUT2D eigenvalue weighted by atomic mass is 10.1. The molecule has 2 fully saturated rings. The van der Waals surface area contributed by atoms with Crippen molar-refractivity contribution < 1.29 is 28.5 Å². The maximum atomic E-state index is 12.2. The summed E-state index contributed by atoms with van der Waals surface area (Å²) in [6.07, 6.45) is 3.45. The van der Waals surface area contributed by atoms with Crippen molar-refractivity contribution in [2.24, 2.45) is 5.73 Å². The number of methoxy groups -OCH3 is 4. The van der Waals surface area contributed by atoms with Crippen LogP contribution in [0.1, 0.15) is 46.5 Å². The van der Waals surface area contributed by atoms with Crippen molar-refractivity contribution in [3.8, 4) is 23.0 Å². The fourth-order valence-electron chi connectivity index (χ4n) is 7.00. The lowest BCUT2D eigenvalue weighted by Crippen LogP contribution is -2.49. The zero-order valence-electron chi connectivity index (χ0n) is 35.8. The third-order valence-corrected chi connectivity index (χ3v) is 11.3. The first-order chi connectivity index (χ1) is 29.4. The van der Waals surface area contributed by atoms with Crippen molar-refractivity contribution in [1.29, 1.82) is 0 Å². The summed E-state index contributed by atoms with van der Waals surface area (Å²) < 4.78 is 26.8. The van der Waals surface area contributed by atoms with Crippen molar-refractivity contribution >= 4 is 96.8 Å². The number of hydrogen-bond donors (Lipinski definition) is 4. The molecular weight excluding hydrogens is 856 g/mol. The summed E-state index contributed by atoms with van der Waals surface area (Å²) >= 11 is 2.96. The maximum Gasteiger partial charge on any atom is 0.407 e. The van der Waals surface area contributed by atoms with Gasteiger partial charge in [0.2, 0.25) is 11.9 Å². The number of benzene rings is 2. The molecule has 2 aliphatic heterocycles. The lowest BCUT2D eigenvalue weighted by Gasteiger charge is -2.33. The van der Waals surface area contributed by atoms with Crippen molar-refractivity contribution in [3.63, 3.8) is 0 Å². The van der Waals surface area contributed by atoms with Crippen LogP contribution in [0.5, 0.6) is 23.0 Å². The SMILES string of the molecule is COc1ccc(Nc2nc(N3CCCC(N)C3)nc3scnc23)cc1OC.COc1ccc(Nc2nc(N3CCCC(NC(=O)OC(C)(C)C)C3)nc3scnc23)cc1OC.Cl. The number of amides is 1. The van der Waals surface area contributed by atoms with Crippen LogP contribution in [-0.4, -0.2) is 108 Å². The van der Waals surface area contributed by atoms with Crippen LogP contribution < -0.4 is 50.4 Å². The van der Waals surface area contributed by atoms with Gasteiger partial charge in [-0.1, -0.05) is 0 Å². The van der Waals surface area contributed by atoms with Gasteiger partial charge in [-0.25, -0.2) is 14.8 Å². The first-order valence-electron chi connectivity index (χ1n) is 19.9. The number of carbonyl (C=O) groups is 1. The van der Waals surface area contributed by atoms with Crippen molar-refractivity contribution in [2.75, 3.05) is 75.1 Å². The zero-order valence-corrected chi connectivity index (χ0v) is 38.2. The molecule has 332 valence electrons. The second-order valence-electron chi connectivity index (χ2n) is 15.4. The minimum Gasteiger partial charge on any atom is -0.493 e. The molecule has 8 rings (SSSR count). The highest BCUT2D eigenvalue weighted by Gasteiger charge is 2.27. The number of rotatable bonds is 11. The van der Waals surface area contributed by atoms with Gasteiger partial charge in [-0.15, -0.1) is 35.1 Å². The van der Waals surface area contributed by atoms with E-state index in [1.807, 2.05) is 57.2 Å². The van der Waals surface area contributed by atoms with Crippen LogP contribution in [0.3, 0.4) is 0 Å². The molecule has 2 aromatic carbocycles. The number of piperidine rings is 2. The second kappa shape index (κ2) is 20.4. The Labute approximate surface area is 374 Å². The van der Waals surface area contributed by atoms with Crippen LogP contribution >= 0.6 is 35.1 Å². The number of alkyl carbamates (subject to hydrolysis) is 1. The third kappa shape index (κ3) is 11.2. The summed E-state index contributed by atoms with van der Waals surface area (Å²) in [4.78, 5) is 46.0. The van der Waals surface area contributed by atoms with Crippen LogP contribution in [0.4, 0.5) is 39.7 Å². The number of nitrogens with two attached hydrogens (primary N) is 1. The van der Waals surface area contributed by atoms with E-state index in [-0.39, 0.29) is 24.5 Å². The topological polar surface area (TPSA) is 209 Å². The molecule has 0 bridgehead atoms. The quantitative estimate of drug-likeness (QED) is 0.0990. The van der Waals surface area contributed by atoms with E-state index in [1.54, 1.807) is 39.5 Å². The second-order valence-corrected chi connectivity index (χ2v) is 17.1. The Bertz CT molecular complexity index is 2450. The molecule has 6 aromatic rings. The van der Waals surface area contributed by atoms with Gasteiger partial charge in [-0.3, -0.25) is 0 Å². The Hall–Kier alpha value is -5.70. The molecule has 21 heteroatoms. The van der Waals surface area contributed by atoms with Gasteiger partial charge >= 0.3 is 6.09 Å². The Kier molecular flexibility index (Phi) is 15.1. The molecule has 0 saturated carbocycles. The first-order valence-corrected chi connectivity index (χ1v) is 21.6. The summed E-state index contributed by atoms with van der Waals surface area (Å²) in [5.41, 5.74) is 12.2. The fourth-order valence-corrected chi connectivity index (χ4v) is 8.31. The number of fused-ring (bicyclic) bond motifs is 2. The van der Waals surface area contributed by atoms with E-state index < -0.39 is 11.7 Å². The van der Waals surface area contributed by atoms with Gasteiger partial charge in [0, 0.05) is 61.8 Å². The maximum absolute atomic E-state index is 12.2. The summed E-state index contributed by atoms with van der Waals surface area (Å²) in [6.45, 7) is 8.63. The predicted molar refractivity (Wildman–Crippen MR) is 247 cm³/mol. The highest BCUT2D eigenvalue weighted by atomic mass is 35.5. The molecule has 6 heterocycles. The number of anilines is 6. The fraction of sp³-hybridized carbons (Fsp3) is 0.439. The molecule has 0 spiro atoms. The number of halogens is 1. The van der Waals surface area contributed by atoms with Gasteiger partial charge in [0.15, 0.2) is 44.3 Å². The van der Waals surface area contributed by atoms with E-state index in [9.17, 15) is 4.79 Å². The molecule has 18 nitrogen and oxygen atoms in total. The van der Waals surface area contributed by atoms with E-state index in [1.165, 1.54) is 22.7 Å². The highest BCUT2D eigenvalue weighted by Crippen LogP contribution is 2.35. The largest absolute Gasteiger partial charge is 0.493 e. The van der Waals surface area contributed by atoms with Crippen molar-refractivity contribution in [1.82, 2.24) is 35.2 Å². The summed E-state index contributed by atoms with van der Waals surface area (Å²) in [5, 5.41) is 9.67. The van der Waals surface area contributed by atoms with Crippen LogP contribution in [0, 0.1) is 0 Å². The van der Waals surface area contributed by atoms with Crippen molar-refractivity contribution in [3.05, 3.63) is 47.4 Å². The number of carbonyl (C=O) groups excluding carboxylic acids is 1. The number of nitrogens with zero attached hydrogens (tertiary/aromatic N) is 8. The van der Waals surface area contributed by atoms with E-state index in [0.29, 0.717) is 58.6 Å². The van der Waals surface area contributed by atoms with Gasteiger partial charge in [0.25, 0.3) is 0 Å². The molecule has 2 aliphatic rings. The van der Waals surface area contributed by atoms with Crippen LogP contribution in [0.25, 0.3) is 20.7 Å². The number of aromatic nitrogens is 6. The third-order valence-electron chi connectivity index (χ3n) is 9.83. The van der Waals surface area contributed by atoms with Gasteiger partial charge in [-0.2, -0.15) is 19.9 Å². The average Bonchev–Trinajstić information content (AvgIpc) is 3.94. The van der Waals surface area contributed by atoms with Crippen LogP contribution in [-0.2, 0) is 4.74 Å². The predicted octanol–water partition coefficient (Wildman–Crippen LogP) is 7.54. The summed E-state index contributed by atoms with van der Waals surface area (Å²) in [5.74, 6) is 5.13. The van der Waals surface area contributed by atoms with Crippen LogP contribution in [0.2, 0.25) is 0 Å². The Morgan fingerprint density at radius 1 is 0.710 bits per heavy atom. The smallest absolute Gasteiger partial charge is 0.407 e. The Morgan fingerprint density at radius 3 is 1.66 bits per heavy atom. The molecule has 62 heavy (non-hydrogen) atoms. The normalized spacial score (nSPS) is 16.4. The molecule has 5 N–H and O–H groups in total. The van der Waals surface area contributed by atoms with Gasteiger partial charge < -0.3 is 55.2 Å². The standard InChI is InChI=1S/C23H30N6O4S.C18H22N6O2S.ClH/c1-23(2,3)33-22(30)26-15-7-6-10-29(12-15)21-27-19(18-20(28-21)34-13-24-18)25-14-8-9-16(31-4)17(11-14)32-5;1-25-13-6-5-12(8-14(13)26-2)21-16-15-17(27-10-20-15)23-18(22-16)24-7-3-4-11(19)9-24;/h8-9,11,13,15H,6-7,10,12H2,1-5H3,(H,26,30)(H,25,27,28);5-6,8,10-11H,3-4,7,9,19H2,1-2H3,(H,21,22,23);1H. The average molecular weight is 910 g/mol. The zero-order chi connectivity index (χ0) is 43.1. The molecule has 0 radical (unpaired) electrons. The van der Waals surface area contributed by atoms with E-state index in [0.717, 1.165) is 71.9 Å². The first kappa shape index (κ1) is 45.8. The summed E-state index contributed by atoms with van der Waals surface area (Å²) in [7, 11) is 6.43. The molecule has 1 amide bonds. The molecular formula is C41H53ClN12O6S2. The van der Waals surface area contributed by atoms with Gasteiger partial charge in [-0.05, 0) is 70.7 Å². The molecule has 0 aliphatic carbocycles. The number of thiazole rings is 2. The van der Waals surface area contributed by atoms with Crippen molar-refractivity contribution in [2.45, 2.75) is 64.1 Å². The molecule has 2 saturated heterocycles. The Balaban J connectivity index is 0.000000209. The van der Waals surface area contributed by atoms with E-state index >= 15 is 0 Å². The molecule has 4 aromatic heterocycles. The van der Waals surface area contributed by atoms with Gasteiger partial charge in [0.05, 0.1) is 39.5 Å². The highest BCUT2D eigenvalue weighted by molar-refractivity contribution is 7.16. The molecule has 2 atom stereocenters. The van der Waals surface area contributed by atoms with Crippen LogP contribution in [0.15, 0.2) is 47.4 Å². The van der Waals surface area contributed by atoms with E-state index in [2.05, 4.69) is 40.7 Å². The monoisotopic (exact) mass is 908 g/mol. The Morgan fingerprint density at radius 2 is 1.19 bits per heavy atom. The minimum absolute atomic E-state index is 0. The number of ether oxygens (including phenoxy) is 5. The summed E-state index contributed by atoms with van der Waals surface area (Å²) in [6, 6.07) is 11.3. The lowest BCUT2D eigenvalue weighted by molar-refractivity contribution is 0.0499. The minimum atomic E-state index is -0.538. The molecule has 2 unspecified atom stereocenters.